The van der Waals surface area contributed by atoms with E-state index in [4.69, 9.17) is 4.74 Å². The van der Waals surface area contributed by atoms with Gasteiger partial charge in [0.15, 0.2) is 0 Å². The monoisotopic (exact) mass is 265 g/mol. The fourth-order valence-electron chi connectivity index (χ4n) is 3.68. The van der Waals surface area contributed by atoms with Crippen LogP contribution in [0.25, 0.3) is 0 Å². The molecule has 2 aromatic rings. The Morgan fingerprint density at radius 3 is 2.70 bits per heavy atom. The van der Waals surface area contributed by atoms with Gasteiger partial charge in [-0.05, 0) is 22.8 Å². The van der Waals surface area contributed by atoms with Crippen LogP contribution in [0, 0.1) is 0 Å². The number of para-hydroxylation sites is 1. The average molecular weight is 265 g/mol. The van der Waals surface area contributed by atoms with Crippen LogP contribution in [0.5, 0.6) is 0 Å². The highest BCUT2D eigenvalue weighted by Gasteiger charge is 2.46. The van der Waals surface area contributed by atoms with Gasteiger partial charge in [-0.2, -0.15) is 0 Å². The lowest BCUT2D eigenvalue weighted by atomic mass is 9.70. The van der Waals surface area contributed by atoms with Gasteiger partial charge in [0.2, 0.25) is 0 Å². The van der Waals surface area contributed by atoms with E-state index in [0.717, 1.165) is 0 Å². The van der Waals surface area contributed by atoms with Crippen LogP contribution in [0.15, 0.2) is 48.5 Å². The molecule has 0 fully saturated rings. The van der Waals surface area contributed by atoms with Crippen molar-refractivity contribution in [1.82, 2.24) is 0 Å². The third-order valence-corrected chi connectivity index (χ3v) is 4.75. The van der Waals surface area contributed by atoms with E-state index < -0.39 is 0 Å². The molecule has 2 aliphatic rings. The summed E-state index contributed by atoms with van der Waals surface area (Å²) in [5.41, 5.74) is 5.28. The summed E-state index contributed by atoms with van der Waals surface area (Å²) >= 11 is 0. The first-order chi connectivity index (χ1) is 9.68. The van der Waals surface area contributed by atoms with Gasteiger partial charge in [-0.3, -0.25) is 0 Å². The molecule has 0 saturated carbocycles. The Morgan fingerprint density at radius 1 is 1.05 bits per heavy atom. The first kappa shape index (κ1) is 12.0. The number of hydrogen-bond donors (Lipinski definition) is 1. The zero-order valence-corrected chi connectivity index (χ0v) is 11.9. The van der Waals surface area contributed by atoms with Crippen molar-refractivity contribution >= 4 is 5.69 Å². The highest BCUT2D eigenvalue weighted by Crippen LogP contribution is 2.48. The summed E-state index contributed by atoms with van der Waals surface area (Å²) in [7, 11) is 0. The Hall–Kier alpha value is -1.80. The summed E-state index contributed by atoms with van der Waals surface area (Å²) in [6, 6.07) is 17.4. The van der Waals surface area contributed by atoms with Crippen molar-refractivity contribution in [2.75, 3.05) is 5.32 Å². The average Bonchev–Trinajstić information content (AvgIpc) is 2.47. The number of hydrogen-bond acceptors (Lipinski definition) is 2. The summed E-state index contributed by atoms with van der Waals surface area (Å²) in [5.74, 6) is 0. The molecule has 2 aromatic carbocycles. The molecule has 0 radical (unpaired) electrons. The number of anilines is 1. The lowest BCUT2D eigenvalue weighted by molar-refractivity contribution is -0.0324. The summed E-state index contributed by atoms with van der Waals surface area (Å²) in [6.07, 6.45) is 0.173. The Kier molecular flexibility index (Phi) is 2.45. The molecule has 2 atom stereocenters. The number of benzene rings is 2. The largest absolute Gasteiger partial charge is 0.375 e. The van der Waals surface area contributed by atoms with Gasteiger partial charge in [0.25, 0.3) is 0 Å². The lowest BCUT2D eigenvalue weighted by Gasteiger charge is -2.48. The minimum atomic E-state index is 0.0139. The van der Waals surface area contributed by atoms with E-state index in [0.29, 0.717) is 6.61 Å². The second-order valence-corrected chi connectivity index (χ2v) is 6.32. The van der Waals surface area contributed by atoms with Gasteiger partial charge < -0.3 is 10.1 Å². The van der Waals surface area contributed by atoms with Gasteiger partial charge in [-0.15, -0.1) is 0 Å². The Bertz CT molecular complexity index is 662. The maximum atomic E-state index is 6.22. The first-order valence-electron chi connectivity index (χ1n) is 7.23. The maximum Gasteiger partial charge on any atom is 0.0914 e. The minimum Gasteiger partial charge on any atom is -0.375 e. The molecule has 0 saturated heterocycles. The number of ether oxygens (including phenoxy) is 1. The van der Waals surface area contributed by atoms with Crippen molar-refractivity contribution in [3.63, 3.8) is 0 Å². The quantitative estimate of drug-likeness (QED) is 0.776. The zero-order chi connectivity index (χ0) is 13.7. The standard InChI is InChI=1S/C18H19NO/c1-18(2)14-9-5-6-10-15(14)19-16-13-8-4-3-7-12(13)11-20-17(16)18/h3-10,16-17,19H,11H2,1-2H3/t16-,17+/m0/s1. The number of nitrogens with one attached hydrogen (secondary N) is 1. The van der Waals surface area contributed by atoms with Gasteiger partial charge in [0.05, 0.1) is 18.8 Å². The van der Waals surface area contributed by atoms with E-state index in [1.807, 2.05) is 0 Å². The molecule has 102 valence electrons. The molecule has 2 heterocycles. The fourth-order valence-corrected chi connectivity index (χ4v) is 3.68. The molecule has 0 aliphatic carbocycles. The Labute approximate surface area is 119 Å². The second-order valence-electron chi connectivity index (χ2n) is 6.32. The van der Waals surface area contributed by atoms with Gasteiger partial charge >= 0.3 is 0 Å². The molecule has 2 heteroatoms. The molecule has 0 spiro atoms. The molecule has 20 heavy (non-hydrogen) atoms. The highest BCUT2D eigenvalue weighted by atomic mass is 16.5. The van der Waals surface area contributed by atoms with Crippen LogP contribution in [0.3, 0.4) is 0 Å². The summed E-state index contributed by atoms with van der Waals surface area (Å²) < 4.78 is 6.22. The normalized spacial score (nSPS) is 25.9. The fraction of sp³-hybridized carbons (Fsp3) is 0.333. The van der Waals surface area contributed by atoms with Crippen molar-refractivity contribution in [1.29, 1.82) is 0 Å². The number of rotatable bonds is 0. The highest BCUT2D eigenvalue weighted by molar-refractivity contribution is 5.60. The van der Waals surface area contributed by atoms with Crippen molar-refractivity contribution in [2.24, 2.45) is 0 Å². The summed E-state index contributed by atoms with van der Waals surface area (Å²) in [4.78, 5) is 0. The molecule has 0 bridgehead atoms. The van der Waals surface area contributed by atoms with E-state index in [9.17, 15) is 0 Å². The van der Waals surface area contributed by atoms with E-state index >= 15 is 0 Å². The topological polar surface area (TPSA) is 21.3 Å². The summed E-state index contributed by atoms with van der Waals surface area (Å²) in [5, 5.41) is 3.69. The maximum absolute atomic E-state index is 6.22. The lowest BCUT2D eigenvalue weighted by Crippen LogP contribution is -2.49. The van der Waals surface area contributed by atoms with Crippen LogP contribution in [-0.4, -0.2) is 6.10 Å². The predicted octanol–water partition coefficient (Wildman–Crippen LogP) is 4.03. The molecular formula is C18H19NO. The van der Waals surface area contributed by atoms with E-state index in [1.54, 1.807) is 0 Å². The smallest absolute Gasteiger partial charge is 0.0914 e. The van der Waals surface area contributed by atoms with Crippen LogP contribution < -0.4 is 5.32 Å². The van der Waals surface area contributed by atoms with Crippen LogP contribution in [0.1, 0.15) is 36.6 Å². The third-order valence-electron chi connectivity index (χ3n) is 4.75. The van der Waals surface area contributed by atoms with E-state index in [1.165, 1.54) is 22.4 Å². The van der Waals surface area contributed by atoms with Gasteiger partial charge in [-0.1, -0.05) is 56.3 Å². The third kappa shape index (κ3) is 1.55. The van der Waals surface area contributed by atoms with E-state index in [-0.39, 0.29) is 17.6 Å². The Morgan fingerprint density at radius 2 is 1.80 bits per heavy atom. The molecule has 0 unspecified atom stereocenters. The zero-order valence-electron chi connectivity index (χ0n) is 11.9. The molecule has 2 nitrogen and oxygen atoms in total. The van der Waals surface area contributed by atoms with Crippen LogP contribution in [0.4, 0.5) is 5.69 Å². The molecule has 1 N–H and O–H groups in total. The molecule has 4 rings (SSSR count). The van der Waals surface area contributed by atoms with Crippen molar-refractivity contribution in [3.05, 3.63) is 65.2 Å². The molecule has 0 amide bonds. The predicted molar refractivity (Wildman–Crippen MR) is 80.9 cm³/mol. The van der Waals surface area contributed by atoms with Crippen LogP contribution >= 0.6 is 0 Å². The van der Waals surface area contributed by atoms with Gasteiger partial charge in [0.1, 0.15) is 0 Å². The van der Waals surface area contributed by atoms with E-state index in [2.05, 4.69) is 67.7 Å². The van der Waals surface area contributed by atoms with Crippen LogP contribution in [0.2, 0.25) is 0 Å². The minimum absolute atomic E-state index is 0.0139. The second kappa shape index (κ2) is 4.10. The summed E-state index contributed by atoms with van der Waals surface area (Å²) in [6.45, 7) is 5.29. The van der Waals surface area contributed by atoms with Crippen LogP contribution in [-0.2, 0) is 16.8 Å². The first-order valence-corrected chi connectivity index (χ1v) is 7.23. The number of fused-ring (bicyclic) bond motifs is 4. The van der Waals surface area contributed by atoms with Crippen molar-refractivity contribution in [3.8, 4) is 0 Å². The molecule has 2 aliphatic heterocycles. The SMILES string of the molecule is CC1(C)c2ccccc2N[C@H]2c3ccccc3CO[C@H]21. The van der Waals surface area contributed by atoms with Crippen molar-refractivity contribution in [2.45, 2.75) is 38.0 Å². The van der Waals surface area contributed by atoms with Gasteiger partial charge in [0, 0.05) is 11.1 Å². The Balaban J connectivity index is 1.88. The van der Waals surface area contributed by atoms with Gasteiger partial charge in [-0.25, -0.2) is 0 Å². The molecular weight excluding hydrogens is 246 g/mol. The molecule has 0 aromatic heterocycles. The van der Waals surface area contributed by atoms with Crippen molar-refractivity contribution < 1.29 is 4.74 Å².